The van der Waals surface area contributed by atoms with Gasteiger partial charge in [0.15, 0.2) is 17.5 Å². The first-order valence-corrected chi connectivity index (χ1v) is 15.5. The highest BCUT2D eigenvalue weighted by Gasteiger charge is 2.30. The van der Waals surface area contributed by atoms with Crippen LogP contribution in [0.5, 0.6) is 0 Å². The van der Waals surface area contributed by atoms with Crippen molar-refractivity contribution in [3.05, 3.63) is 157 Å². The van der Waals surface area contributed by atoms with Crippen molar-refractivity contribution >= 4 is 21.8 Å². The van der Waals surface area contributed by atoms with Gasteiger partial charge >= 0.3 is 6.18 Å². The molecule has 0 saturated heterocycles. The van der Waals surface area contributed by atoms with Crippen molar-refractivity contribution in [1.29, 1.82) is 0 Å². The molecule has 0 N–H and O–H groups in total. The Morgan fingerprint density at radius 1 is 0.479 bits per heavy atom. The summed E-state index contributed by atoms with van der Waals surface area (Å²) < 4.78 is 42.8. The summed E-state index contributed by atoms with van der Waals surface area (Å²) in [5.74, 6) is 1.57. The van der Waals surface area contributed by atoms with Crippen LogP contribution in [0.4, 0.5) is 13.2 Å². The Hall–Kier alpha value is -6.08. The fourth-order valence-electron chi connectivity index (χ4n) is 6.22. The number of aryl methyl sites for hydroxylation is 1. The Balaban J connectivity index is 1.41. The minimum Gasteiger partial charge on any atom is -0.309 e. The van der Waals surface area contributed by atoms with E-state index in [9.17, 15) is 13.2 Å². The Bertz CT molecular complexity index is 2370. The molecule has 2 heterocycles. The largest absolute Gasteiger partial charge is 0.416 e. The zero-order valence-electron chi connectivity index (χ0n) is 25.8. The molecule has 6 aromatic carbocycles. The maximum atomic E-state index is 13.5. The van der Waals surface area contributed by atoms with Gasteiger partial charge in [-0.1, -0.05) is 115 Å². The van der Waals surface area contributed by atoms with Crippen molar-refractivity contribution in [2.45, 2.75) is 13.1 Å². The highest BCUT2D eigenvalue weighted by atomic mass is 19.4. The normalized spacial score (nSPS) is 11.8. The SMILES string of the molecule is Cc1ccc2c3ccccc3n(-c3cc(-c4nc(-c5ccccc5)nc(-c5ccccc5)n4)ccc3-c3ccc(C(F)(F)F)cc3)c2c1. The van der Waals surface area contributed by atoms with Crippen LogP contribution in [0.25, 0.3) is 72.8 Å². The van der Waals surface area contributed by atoms with Gasteiger partial charge in [-0.3, -0.25) is 0 Å². The Kier molecular flexibility index (Phi) is 7.10. The average molecular weight is 633 g/mol. The van der Waals surface area contributed by atoms with Gasteiger partial charge in [0.05, 0.1) is 22.3 Å². The van der Waals surface area contributed by atoms with Crippen molar-refractivity contribution in [2.75, 3.05) is 0 Å². The number of aromatic nitrogens is 4. The zero-order chi connectivity index (χ0) is 32.8. The van der Waals surface area contributed by atoms with Gasteiger partial charge in [0.1, 0.15) is 0 Å². The first-order chi connectivity index (χ1) is 23.3. The molecule has 0 aliphatic carbocycles. The van der Waals surface area contributed by atoms with E-state index < -0.39 is 11.7 Å². The van der Waals surface area contributed by atoms with E-state index in [1.165, 1.54) is 12.1 Å². The van der Waals surface area contributed by atoms with Crippen LogP contribution in [-0.4, -0.2) is 19.5 Å². The summed E-state index contributed by atoms with van der Waals surface area (Å²) in [6, 6.07) is 45.3. The summed E-state index contributed by atoms with van der Waals surface area (Å²) in [5, 5.41) is 2.16. The molecular weight excluding hydrogens is 605 g/mol. The molecule has 0 spiro atoms. The lowest BCUT2D eigenvalue weighted by atomic mass is 9.99. The summed E-state index contributed by atoms with van der Waals surface area (Å²) in [6.07, 6.45) is -4.43. The molecule has 7 heteroatoms. The summed E-state index contributed by atoms with van der Waals surface area (Å²) in [5.41, 5.74) is 7.07. The predicted molar refractivity (Wildman–Crippen MR) is 186 cm³/mol. The van der Waals surface area contributed by atoms with Gasteiger partial charge in [-0.15, -0.1) is 0 Å². The van der Waals surface area contributed by atoms with E-state index in [0.29, 0.717) is 23.0 Å². The molecule has 8 rings (SSSR count). The standard InChI is InChI=1S/C41H27F3N4/c1-26-16-22-34-33-14-8-9-15-35(33)48(36(34)24-26)37-25-30(19-23-32(37)27-17-20-31(21-18-27)41(42,43)44)40-46-38(28-10-4-2-5-11-28)45-39(47-40)29-12-6-3-7-13-29/h2-25H,1H3. The lowest BCUT2D eigenvalue weighted by molar-refractivity contribution is -0.137. The number of hydrogen-bond donors (Lipinski definition) is 0. The molecule has 232 valence electrons. The summed E-state index contributed by atoms with van der Waals surface area (Å²) >= 11 is 0. The second kappa shape index (κ2) is 11.6. The van der Waals surface area contributed by atoms with Gasteiger partial charge in [-0.25, -0.2) is 15.0 Å². The van der Waals surface area contributed by atoms with Crippen LogP contribution in [0.3, 0.4) is 0 Å². The third kappa shape index (κ3) is 5.29. The second-order valence-electron chi connectivity index (χ2n) is 11.7. The first kappa shape index (κ1) is 29.3. The maximum absolute atomic E-state index is 13.5. The number of nitrogens with zero attached hydrogens (tertiary/aromatic N) is 4. The predicted octanol–water partition coefficient (Wildman–Crippen LogP) is 11.0. The highest BCUT2D eigenvalue weighted by Crippen LogP contribution is 2.39. The van der Waals surface area contributed by atoms with E-state index in [-0.39, 0.29) is 0 Å². The van der Waals surface area contributed by atoms with Gasteiger partial charge in [-0.05, 0) is 48.4 Å². The molecule has 8 aromatic rings. The summed E-state index contributed by atoms with van der Waals surface area (Å²) in [6.45, 7) is 2.05. The lowest BCUT2D eigenvalue weighted by Gasteiger charge is -2.17. The molecular formula is C41H27F3N4. The minimum absolute atomic E-state index is 0.486. The Morgan fingerprint density at radius 2 is 1.02 bits per heavy atom. The van der Waals surface area contributed by atoms with Crippen LogP contribution in [0.2, 0.25) is 0 Å². The molecule has 0 atom stereocenters. The van der Waals surface area contributed by atoms with Gasteiger partial charge in [0.25, 0.3) is 0 Å². The minimum atomic E-state index is -4.43. The number of para-hydroxylation sites is 1. The summed E-state index contributed by atoms with van der Waals surface area (Å²) in [4.78, 5) is 14.7. The van der Waals surface area contributed by atoms with Crippen molar-refractivity contribution in [1.82, 2.24) is 19.5 Å². The number of fused-ring (bicyclic) bond motifs is 3. The van der Waals surface area contributed by atoms with E-state index >= 15 is 0 Å². The third-order valence-corrected chi connectivity index (χ3v) is 8.55. The lowest BCUT2D eigenvalue weighted by Crippen LogP contribution is -2.04. The molecule has 2 aromatic heterocycles. The van der Waals surface area contributed by atoms with Gasteiger partial charge in [0, 0.05) is 33.0 Å². The monoisotopic (exact) mass is 632 g/mol. The molecule has 0 bridgehead atoms. The molecule has 0 unspecified atom stereocenters. The number of hydrogen-bond acceptors (Lipinski definition) is 3. The Labute approximate surface area is 274 Å². The molecule has 0 amide bonds. The van der Waals surface area contributed by atoms with E-state index in [4.69, 9.17) is 15.0 Å². The van der Waals surface area contributed by atoms with Crippen LogP contribution < -0.4 is 0 Å². The van der Waals surface area contributed by atoms with Gasteiger partial charge in [0.2, 0.25) is 0 Å². The van der Waals surface area contributed by atoms with Crippen LogP contribution in [-0.2, 0) is 6.18 Å². The molecule has 0 aliphatic heterocycles. The van der Waals surface area contributed by atoms with Crippen molar-refractivity contribution in [3.63, 3.8) is 0 Å². The smallest absolute Gasteiger partial charge is 0.309 e. The summed E-state index contributed by atoms with van der Waals surface area (Å²) in [7, 11) is 0. The quantitative estimate of drug-likeness (QED) is 0.190. The molecule has 0 aliphatic rings. The van der Waals surface area contributed by atoms with E-state index in [0.717, 1.165) is 67.4 Å². The number of halogens is 3. The molecule has 4 nitrogen and oxygen atoms in total. The molecule has 0 saturated carbocycles. The van der Waals surface area contributed by atoms with Crippen molar-refractivity contribution < 1.29 is 13.2 Å². The fourth-order valence-corrected chi connectivity index (χ4v) is 6.22. The number of benzene rings is 6. The number of rotatable bonds is 5. The topological polar surface area (TPSA) is 43.6 Å². The van der Waals surface area contributed by atoms with Crippen LogP contribution >= 0.6 is 0 Å². The zero-order valence-corrected chi connectivity index (χ0v) is 25.8. The van der Waals surface area contributed by atoms with Crippen molar-refractivity contribution in [3.8, 4) is 51.0 Å². The Morgan fingerprint density at radius 3 is 1.65 bits per heavy atom. The number of alkyl halides is 3. The van der Waals surface area contributed by atoms with Crippen LogP contribution in [0.1, 0.15) is 11.1 Å². The van der Waals surface area contributed by atoms with E-state index in [1.807, 2.05) is 91.0 Å². The van der Waals surface area contributed by atoms with Crippen molar-refractivity contribution in [2.24, 2.45) is 0 Å². The van der Waals surface area contributed by atoms with E-state index in [1.54, 1.807) is 0 Å². The average Bonchev–Trinajstić information content (AvgIpc) is 3.45. The van der Waals surface area contributed by atoms with Gasteiger partial charge < -0.3 is 4.57 Å². The van der Waals surface area contributed by atoms with Crippen LogP contribution in [0, 0.1) is 6.92 Å². The molecule has 48 heavy (non-hydrogen) atoms. The molecule has 0 fully saturated rings. The highest BCUT2D eigenvalue weighted by molar-refractivity contribution is 6.10. The maximum Gasteiger partial charge on any atom is 0.416 e. The fraction of sp³-hybridized carbons (Fsp3) is 0.0488. The second-order valence-corrected chi connectivity index (χ2v) is 11.7. The third-order valence-electron chi connectivity index (χ3n) is 8.55. The van der Waals surface area contributed by atoms with E-state index in [2.05, 4.69) is 41.8 Å². The van der Waals surface area contributed by atoms with Crippen LogP contribution in [0.15, 0.2) is 146 Å². The van der Waals surface area contributed by atoms with Gasteiger partial charge in [-0.2, -0.15) is 13.2 Å². The first-order valence-electron chi connectivity index (χ1n) is 15.5. The molecule has 0 radical (unpaired) electrons.